The molecular formula is C8H14O3. The molecule has 0 aliphatic rings. The first-order valence-electron chi connectivity index (χ1n) is 3.65. The van der Waals surface area contributed by atoms with Crippen molar-refractivity contribution in [1.82, 2.24) is 0 Å². The molecule has 64 valence electrons. The van der Waals surface area contributed by atoms with Gasteiger partial charge in [0.1, 0.15) is 5.78 Å². The second-order valence-electron chi connectivity index (χ2n) is 3.10. The average Bonchev–Trinajstić information content (AvgIpc) is 1.86. The van der Waals surface area contributed by atoms with E-state index in [1.807, 2.05) is 0 Å². The molecule has 0 aromatic rings. The summed E-state index contributed by atoms with van der Waals surface area (Å²) in [6.07, 6.45) is 0.612. The number of aliphatic carboxylic acids is 1. The van der Waals surface area contributed by atoms with Crippen molar-refractivity contribution in [1.29, 1.82) is 0 Å². The summed E-state index contributed by atoms with van der Waals surface area (Å²) in [6, 6.07) is 0. The summed E-state index contributed by atoms with van der Waals surface area (Å²) in [5.41, 5.74) is -0.869. The van der Waals surface area contributed by atoms with Crippen molar-refractivity contribution in [2.45, 2.75) is 33.6 Å². The predicted molar refractivity (Wildman–Crippen MR) is 41.3 cm³/mol. The van der Waals surface area contributed by atoms with Gasteiger partial charge in [0.05, 0.1) is 5.41 Å². The van der Waals surface area contributed by atoms with Crippen LogP contribution < -0.4 is 0 Å². The molecule has 1 N–H and O–H groups in total. The number of carbonyl (C=O) groups excluding carboxylic acids is 1. The third-order valence-electron chi connectivity index (χ3n) is 1.94. The number of carbonyl (C=O) groups is 2. The molecule has 1 unspecified atom stereocenters. The Balaban J connectivity index is 4.34. The van der Waals surface area contributed by atoms with Gasteiger partial charge in [0.2, 0.25) is 0 Å². The fourth-order valence-electron chi connectivity index (χ4n) is 0.901. The van der Waals surface area contributed by atoms with Crippen LogP contribution in [0.15, 0.2) is 0 Å². The van der Waals surface area contributed by atoms with E-state index in [1.165, 1.54) is 6.92 Å². The normalized spacial score (nSPS) is 15.5. The molecule has 0 aromatic carbocycles. The number of Topliss-reactive ketones (excluding diaryl/α,β-unsaturated/α-hetero) is 1. The molecule has 0 bridgehead atoms. The highest BCUT2D eigenvalue weighted by atomic mass is 16.4. The molecule has 0 aromatic heterocycles. The van der Waals surface area contributed by atoms with Crippen molar-refractivity contribution >= 4 is 11.8 Å². The lowest BCUT2D eigenvalue weighted by molar-refractivity contribution is -0.150. The number of ketones is 1. The summed E-state index contributed by atoms with van der Waals surface area (Å²) >= 11 is 0. The van der Waals surface area contributed by atoms with E-state index >= 15 is 0 Å². The molecule has 0 heterocycles. The van der Waals surface area contributed by atoms with Crippen LogP contribution in [0, 0.1) is 5.41 Å². The van der Waals surface area contributed by atoms with Gasteiger partial charge >= 0.3 is 5.97 Å². The second-order valence-corrected chi connectivity index (χ2v) is 3.10. The first-order valence-corrected chi connectivity index (χ1v) is 3.65. The zero-order valence-electron chi connectivity index (χ0n) is 7.18. The Labute approximate surface area is 66.4 Å². The van der Waals surface area contributed by atoms with Gasteiger partial charge in [-0.05, 0) is 20.3 Å². The molecule has 11 heavy (non-hydrogen) atoms. The van der Waals surface area contributed by atoms with E-state index < -0.39 is 11.4 Å². The zero-order valence-corrected chi connectivity index (χ0v) is 7.18. The Morgan fingerprint density at radius 2 is 1.91 bits per heavy atom. The maximum Gasteiger partial charge on any atom is 0.309 e. The van der Waals surface area contributed by atoms with Gasteiger partial charge in [0.25, 0.3) is 0 Å². The standard InChI is InChI=1S/C8H14O3/c1-4-8(3,7(10)11)5-6(2)9/h4-5H2,1-3H3,(H,10,11). The van der Waals surface area contributed by atoms with E-state index in [2.05, 4.69) is 0 Å². The fourth-order valence-corrected chi connectivity index (χ4v) is 0.901. The lowest BCUT2D eigenvalue weighted by Crippen LogP contribution is -2.28. The van der Waals surface area contributed by atoms with E-state index in [1.54, 1.807) is 13.8 Å². The fraction of sp³-hybridized carbons (Fsp3) is 0.750. The average molecular weight is 158 g/mol. The molecule has 0 saturated carbocycles. The Kier molecular flexibility index (Phi) is 3.23. The highest BCUT2D eigenvalue weighted by molar-refractivity contribution is 5.84. The second kappa shape index (κ2) is 3.51. The van der Waals surface area contributed by atoms with E-state index in [4.69, 9.17) is 5.11 Å². The molecule has 0 aliphatic carbocycles. The number of hydrogen-bond donors (Lipinski definition) is 1. The van der Waals surface area contributed by atoms with Crippen LogP contribution in [0.1, 0.15) is 33.6 Å². The van der Waals surface area contributed by atoms with Crippen LogP contribution in [0.25, 0.3) is 0 Å². The smallest absolute Gasteiger partial charge is 0.309 e. The van der Waals surface area contributed by atoms with E-state index in [9.17, 15) is 9.59 Å². The van der Waals surface area contributed by atoms with Crippen molar-refractivity contribution in [3.63, 3.8) is 0 Å². The molecular weight excluding hydrogens is 144 g/mol. The summed E-state index contributed by atoms with van der Waals surface area (Å²) < 4.78 is 0. The van der Waals surface area contributed by atoms with Crippen LogP contribution >= 0.6 is 0 Å². The van der Waals surface area contributed by atoms with Gasteiger partial charge in [-0.15, -0.1) is 0 Å². The van der Waals surface area contributed by atoms with Gasteiger partial charge in [0, 0.05) is 6.42 Å². The molecule has 1 atom stereocenters. The minimum Gasteiger partial charge on any atom is -0.481 e. The van der Waals surface area contributed by atoms with Crippen molar-refractivity contribution in [3.05, 3.63) is 0 Å². The zero-order chi connectivity index (χ0) is 9.07. The van der Waals surface area contributed by atoms with Crippen LogP contribution in [-0.4, -0.2) is 16.9 Å². The van der Waals surface area contributed by atoms with Crippen LogP contribution in [0.3, 0.4) is 0 Å². The van der Waals surface area contributed by atoms with Crippen LogP contribution in [0.4, 0.5) is 0 Å². The monoisotopic (exact) mass is 158 g/mol. The van der Waals surface area contributed by atoms with E-state index in [0.717, 1.165) is 0 Å². The van der Waals surface area contributed by atoms with Crippen LogP contribution in [-0.2, 0) is 9.59 Å². The van der Waals surface area contributed by atoms with Crippen molar-refractivity contribution in [2.24, 2.45) is 5.41 Å². The summed E-state index contributed by atoms with van der Waals surface area (Å²) in [7, 11) is 0. The molecule has 0 amide bonds. The van der Waals surface area contributed by atoms with Gasteiger partial charge < -0.3 is 5.11 Å². The van der Waals surface area contributed by atoms with Crippen LogP contribution in [0.5, 0.6) is 0 Å². The molecule has 0 fully saturated rings. The van der Waals surface area contributed by atoms with Crippen molar-refractivity contribution in [2.75, 3.05) is 0 Å². The SMILES string of the molecule is CCC(C)(CC(C)=O)C(=O)O. The maximum absolute atomic E-state index is 10.7. The Hall–Kier alpha value is -0.860. The molecule has 3 heteroatoms. The molecule has 0 saturated heterocycles. The summed E-state index contributed by atoms with van der Waals surface area (Å²) in [4.78, 5) is 21.3. The number of carboxylic acid groups (broad SMARTS) is 1. The first kappa shape index (κ1) is 10.1. The van der Waals surface area contributed by atoms with Crippen molar-refractivity contribution in [3.8, 4) is 0 Å². The number of carboxylic acids is 1. The minimum absolute atomic E-state index is 0.0725. The van der Waals surface area contributed by atoms with Crippen molar-refractivity contribution < 1.29 is 14.7 Å². The summed E-state index contributed by atoms with van der Waals surface area (Å²) in [5.74, 6) is -0.966. The van der Waals surface area contributed by atoms with Gasteiger partial charge in [0.15, 0.2) is 0 Å². The number of hydrogen-bond acceptors (Lipinski definition) is 2. The largest absolute Gasteiger partial charge is 0.481 e. The molecule has 0 spiro atoms. The maximum atomic E-state index is 10.7. The third kappa shape index (κ3) is 2.70. The molecule has 0 radical (unpaired) electrons. The minimum atomic E-state index is -0.893. The lowest BCUT2D eigenvalue weighted by Gasteiger charge is -2.20. The van der Waals surface area contributed by atoms with Gasteiger partial charge in [-0.3, -0.25) is 9.59 Å². The molecule has 0 rings (SSSR count). The topological polar surface area (TPSA) is 54.4 Å². The molecule has 3 nitrogen and oxygen atoms in total. The van der Waals surface area contributed by atoms with Crippen LogP contribution in [0.2, 0.25) is 0 Å². The third-order valence-corrected chi connectivity index (χ3v) is 1.94. The van der Waals surface area contributed by atoms with Gasteiger partial charge in [-0.2, -0.15) is 0 Å². The quantitative estimate of drug-likeness (QED) is 0.674. The van der Waals surface area contributed by atoms with Gasteiger partial charge in [-0.1, -0.05) is 6.92 Å². The Morgan fingerprint density at radius 3 is 2.00 bits per heavy atom. The Bertz CT molecular complexity index is 174. The summed E-state index contributed by atoms with van der Waals surface area (Å²) in [5, 5.41) is 8.73. The highest BCUT2D eigenvalue weighted by Crippen LogP contribution is 2.25. The predicted octanol–water partition coefficient (Wildman–Crippen LogP) is 1.47. The van der Waals surface area contributed by atoms with E-state index in [0.29, 0.717) is 6.42 Å². The Morgan fingerprint density at radius 1 is 1.45 bits per heavy atom. The van der Waals surface area contributed by atoms with E-state index in [-0.39, 0.29) is 12.2 Å². The first-order chi connectivity index (χ1) is 4.92. The lowest BCUT2D eigenvalue weighted by atomic mass is 9.83. The number of rotatable bonds is 4. The summed E-state index contributed by atoms with van der Waals surface area (Å²) in [6.45, 7) is 4.78. The highest BCUT2D eigenvalue weighted by Gasteiger charge is 2.32. The molecule has 0 aliphatic heterocycles. The van der Waals surface area contributed by atoms with Gasteiger partial charge in [-0.25, -0.2) is 0 Å².